The second kappa shape index (κ2) is 10.4. The van der Waals surface area contributed by atoms with Gasteiger partial charge in [-0.05, 0) is 92.0 Å². The summed E-state index contributed by atoms with van der Waals surface area (Å²) in [6.07, 6.45) is 11.4. The van der Waals surface area contributed by atoms with Crippen molar-refractivity contribution < 1.29 is 15.3 Å². The number of thioether (sulfide) groups is 1. The molecule has 4 rings (SSSR count). The lowest BCUT2D eigenvalue weighted by Gasteiger charge is -2.42. The van der Waals surface area contributed by atoms with Crippen LogP contribution in [0, 0.1) is 17.3 Å². The molecule has 1 aromatic carbocycles. The van der Waals surface area contributed by atoms with Gasteiger partial charge in [-0.1, -0.05) is 61.9 Å². The van der Waals surface area contributed by atoms with E-state index in [1.54, 1.807) is 5.57 Å². The van der Waals surface area contributed by atoms with Gasteiger partial charge in [0.25, 0.3) is 0 Å². The molecule has 3 nitrogen and oxygen atoms in total. The van der Waals surface area contributed by atoms with Gasteiger partial charge in [-0.3, -0.25) is 0 Å². The first-order valence-corrected chi connectivity index (χ1v) is 14.1. The lowest BCUT2D eigenvalue weighted by molar-refractivity contribution is 0.0783. The van der Waals surface area contributed by atoms with E-state index in [2.05, 4.69) is 50.8 Å². The maximum absolute atomic E-state index is 10.4. The zero-order valence-electron chi connectivity index (χ0n) is 21.8. The van der Waals surface area contributed by atoms with Gasteiger partial charge in [0.05, 0.1) is 17.8 Å². The Balaban J connectivity index is 1.45. The summed E-state index contributed by atoms with van der Waals surface area (Å²) in [5.74, 6) is 2.05. The normalized spacial score (nSPS) is 32.6. The molecule has 2 saturated carbocycles. The molecule has 2 fully saturated rings. The van der Waals surface area contributed by atoms with Crippen LogP contribution in [-0.2, 0) is 5.60 Å². The molecule has 5 atom stereocenters. The van der Waals surface area contributed by atoms with Gasteiger partial charge < -0.3 is 15.3 Å². The molecule has 0 bridgehead atoms. The predicted octanol–water partition coefficient (Wildman–Crippen LogP) is 6.70. The smallest absolute Gasteiger partial charge is 0.0840 e. The summed E-state index contributed by atoms with van der Waals surface area (Å²) in [4.78, 5) is 1.21. The van der Waals surface area contributed by atoms with Crippen molar-refractivity contribution in [2.75, 3.05) is 5.75 Å². The van der Waals surface area contributed by atoms with Crippen molar-refractivity contribution in [1.29, 1.82) is 0 Å². The molecule has 0 unspecified atom stereocenters. The molecule has 0 saturated heterocycles. The lowest BCUT2D eigenvalue weighted by atomic mass is 9.62. The van der Waals surface area contributed by atoms with E-state index in [1.807, 2.05) is 37.7 Å². The minimum Gasteiger partial charge on any atom is -0.393 e. The first kappa shape index (κ1) is 26.5. The Hall–Kier alpha value is -1.59. The van der Waals surface area contributed by atoms with Gasteiger partial charge in [-0.25, -0.2) is 0 Å². The van der Waals surface area contributed by atoms with Crippen LogP contribution in [-0.4, -0.2) is 33.3 Å². The second-order valence-corrected chi connectivity index (χ2v) is 12.7. The van der Waals surface area contributed by atoms with E-state index in [9.17, 15) is 15.3 Å². The first-order valence-electron chi connectivity index (χ1n) is 13.1. The number of hydrogen-bond donors (Lipinski definition) is 3. The molecule has 35 heavy (non-hydrogen) atoms. The maximum atomic E-state index is 10.4. The van der Waals surface area contributed by atoms with Crippen molar-refractivity contribution >= 4 is 11.8 Å². The van der Waals surface area contributed by atoms with Crippen LogP contribution in [0.5, 0.6) is 0 Å². The molecule has 3 N–H and O–H groups in total. The quantitative estimate of drug-likeness (QED) is 0.304. The van der Waals surface area contributed by atoms with Gasteiger partial charge in [0, 0.05) is 17.1 Å². The van der Waals surface area contributed by atoms with Crippen LogP contribution in [0.2, 0.25) is 0 Å². The molecular formula is C31H42O3S. The highest BCUT2D eigenvalue weighted by atomic mass is 32.2. The number of aliphatic hydroxyl groups excluding tert-OH is 2. The molecule has 0 amide bonds. The minimum absolute atomic E-state index is 0.195. The van der Waals surface area contributed by atoms with Gasteiger partial charge in [0.15, 0.2) is 0 Å². The van der Waals surface area contributed by atoms with E-state index < -0.39 is 17.8 Å². The third-order valence-corrected chi connectivity index (χ3v) is 9.70. The molecule has 0 aliphatic heterocycles. The molecule has 3 aliphatic rings. The van der Waals surface area contributed by atoms with Crippen molar-refractivity contribution in [2.45, 2.75) is 88.9 Å². The van der Waals surface area contributed by atoms with E-state index >= 15 is 0 Å². The molecular weight excluding hydrogens is 452 g/mol. The molecule has 0 aromatic heterocycles. The monoisotopic (exact) mass is 494 g/mol. The van der Waals surface area contributed by atoms with Gasteiger partial charge >= 0.3 is 0 Å². The van der Waals surface area contributed by atoms with E-state index in [0.717, 1.165) is 35.3 Å². The van der Waals surface area contributed by atoms with Crippen LogP contribution in [0.1, 0.15) is 71.8 Å². The SMILES string of the molecule is C=C1/C(=C\C=C2/CCC[C@]3(C)C([C@H](C)CSc4cccc(C(C)(C)O)c4)=CC[C@@H]23)C[C@@H](O)C[C@@H]1O. The molecule has 1 aromatic rings. The molecule has 0 radical (unpaired) electrons. The number of benzene rings is 1. The fraction of sp³-hybridized carbons (Fsp3) is 0.548. The van der Waals surface area contributed by atoms with Crippen LogP contribution in [0.25, 0.3) is 0 Å². The Morgan fingerprint density at radius 1 is 1.26 bits per heavy atom. The second-order valence-electron chi connectivity index (χ2n) is 11.6. The van der Waals surface area contributed by atoms with Crippen molar-refractivity contribution in [1.82, 2.24) is 0 Å². The molecule has 190 valence electrons. The highest BCUT2D eigenvalue weighted by Gasteiger charge is 2.46. The van der Waals surface area contributed by atoms with E-state index in [1.165, 1.54) is 23.3 Å². The summed E-state index contributed by atoms with van der Waals surface area (Å²) in [6.45, 7) is 12.6. The Bertz CT molecular complexity index is 1040. The van der Waals surface area contributed by atoms with Crippen LogP contribution in [0.4, 0.5) is 0 Å². The largest absolute Gasteiger partial charge is 0.393 e. The van der Waals surface area contributed by atoms with E-state index in [4.69, 9.17) is 0 Å². The number of fused-ring (bicyclic) bond motifs is 1. The predicted molar refractivity (Wildman–Crippen MR) is 146 cm³/mol. The Morgan fingerprint density at radius 3 is 2.77 bits per heavy atom. The minimum atomic E-state index is -0.822. The van der Waals surface area contributed by atoms with Gasteiger partial charge in [0.1, 0.15) is 0 Å². The number of rotatable bonds is 6. The molecule has 0 heterocycles. The summed E-state index contributed by atoms with van der Waals surface area (Å²) in [7, 11) is 0. The van der Waals surface area contributed by atoms with Gasteiger partial charge in [0.2, 0.25) is 0 Å². The van der Waals surface area contributed by atoms with Gasteiger partial charge in [-0.15, -0.1) is 11.8 Å². The molecule has 3 aliphatic carbocycles. The zero-order chi connectivity index (χ0) is 25.4. The van der Waals surface area contributed by atoms with E-state index in [0.29, 0.717) is 24.7 Å². The fourth-order valence-corrected chi connectivity index (χ4v) is 7.37. The Kier molecular flexibility index (Phi) is 7.88. The number of aliphatic hydroxyl groups is 3. The summed E-state index contributed by atoms with van der Waals surface area (Å²) >= 11 is 1.88. The van der Waals surface area contributed by atoms with Crippen molar-refractivity contribution in [2.24, 2.45) is 17.3 Å². The number of hydrogen-bond acceptors (Lipinski definition) is 4. The third kappa shape index (κ3) is 5.72. The topological polar surface area (TPSA) is 60.7 Å². The summed E-state index contributed by atoms with van der Waals surface area (Å²) in [6, 6.07) is 8.29. The van der Waals surface area contributed by atoms with Crippen LogP contribution < -0.4 is 0 Å². The van der Waals surface area contributed by atoms with Crippen LogP contribution >= 0.6 is 11.8 Å². The Labute approximate surface area is 215 Å². The Morgan fingerprint density at radius 2 is 2.03 bits per heavy atom. The summed E-state index contributed by atoms with van der Waals surface area (Å²) < 4.78 is 0. The average molecular weight is 495 g/mol. The highest BCUT2D eigenvalue weighted by Crippen LogP contribution is 2.57. The number of allylic oxidation sites excluding steroid dienone is 5. The average Bonchev–Trinajstić information content (AvgIpc) is 3.16. The van der Waals surface area contributed by atoms with Crippen molar-refractivity contribution in [3.8, 4) is 0 Å². The highest BCUT2D eigenvalue weighted by molar-refractivity contribution is 7.99. The van der Waals surface area contributed by atoms with Gasteiger partial charge in [-0.2, -0.15) is 0 Å². The third-order valence-electron chi connectivity index (χ3n) is 8.45. The van der Waals surface area contributed by atoms with Crippen molar-refractivity contribution in [3.63, 3.8) is 0 Å². The summed E-state index contributed by atoms with van der Waals surface area (Å²) in [5, 5.41) is 30.6. The summed E-state index contributed by atoms with van der Waals surface area (Å²) in [5.41, 5.74) is 5.17. The maximum Gasteiger partial charge on any atom is 0.0840 e. The lowest BCUT2D eigenvalue weighted by Crippen LogP contribution is -2.33. The molecule has 4 heteroatoms. The first-order chi connectivity index (χ1) is 16.5. The van der Waals surface area contributed by atoms with Crippen LogP contribution in [0.15, 0.2) is 76.3 Å². The zero-order valence-corrected chi connectivity index (χ0v) is 22.6. The molecule has 0 spiro atoms. The fourth-order valence-electron chi connectivity index (χ4n) is 6.36. The van der Waals surface area contributed by atoms with Crippen LogP contribution in [0.3, 0.4) is 0 Å². The standard InChI is InChI=1S/C31H42O3S/c1-20(19-35-26-10-6-9-24(17-26)30(3,4)34)27-13-14-28-22(8-7-15-31(27,28)5)11-12-23-16-25(32)18-29(33)21(23)2/h6,9-13,17,20,25,28-29,32-34H,2,7-8,14-16,18-19H2,1,3-5H3/b22-11+,23-12-/t20-,25-,28+,29+,31-/m1/s1. The van der Waals surface area contributed by atoms with E-state index in [-0.39, 0.29) is 5.41 Å². The van der Waals surface area contributed by atoms with Crippen molar-refractivity contribution in [3.05, 3.63) is 76.9 Å².